The Morgan fingerprint density at radius 3 is 2.65 bits per heavy atom. The van der Waals surface area contributed by atoms with E-state index in [0.717, 1.165) is 12.8 Å². The molecule has 1 aromatic rings. The van der Waals surface area contributed by atoms with Crippen LogP contribution in [0.4, 0.5) is 0 Å². The van der Waals surface area contributed by atoms with Crippen molar-refractivity contribution < 1.29 is 9.59 Å². The van der Waals surface area contributed by atoms with Crippen molar-refractivity contribution in [2.24, 2.45) is 0 Å². The van der Waals surface area contributed by atoms with Crippen molar-refractivity contribution in [2.45, 2.75) is 18.3 Å². The molecule has 2 aliphatic rings. The molecular formula is C15H18N2O2S. The summed E-state index contributed by atoms with van der Waals surface area (Å²) in [7, 11) is 0. The van der Waals surface area contributed by atoms with Crippen molar-refractivity contribution in [3.8, 4) is 0 Å². The second-order valence-electron chi connectivity index (χ2n) is 5.49. The summed E-state index contributed by atoms with van der Waals surface area (Å²) in [4.78, 5) is 25.0. The van der Waals surface area contributed by atoms with Crippen LogP contribution in [0.3, 0.4) is 0 Å². The highest BCUT2D eigenvalue weighted by Gasteiger charge is 2.44. The van der Waals surface area contributed by atoms with Crippen LogP contribution < -0.4 is 5.32 Å². The molecular weight excluding hydrogens is 272 g/mol. The number of carbonyl (C=O) groups excluding carboxylic acids is 2. The van der Waals surface area contributed by atoms with Crippen molar-refractivity contribution in [3.63, 3.8) is 0 Å². The first-order chi connectivity index (χ1) is 9.70. The van der Waals surface area contributed by atoms with Crippen molar-refractivity contribution in [1.29, 1.82) is 0 Å². The Hall–Kier alpha value is -1.49. The molecule has 20 heavy (non-hydrogen) atoms. The fraction of sp³-hybridized carbons (Fsp3) is 0.467. The van der Waals surface area contributed by atoms with Crippen LogP contribution in [0.1, 0.15) is 18.4 Å². The van der Waals surface area contributed by atoms with Gasteiger partial charge in [0.1, 0.15) is 6.54 Å². The van der Waals surface area contributed by atoms with Gasteiger partial charge in [0.2, 0.25) is 11.8 Å². The minimum atomic E-state index is -0.0527. The molecule has 0 spiro atoms. The molecule has 0 aromatic heterocycles. The number of nitrogens with zero attached hydrogens (tertiary/aromatic N) is 1. The lowest BCUT2D eigenvalue weighted by atomic mass is 9.96. The van der Waals surface area contributed by atoms with Gasteiger partial charge < -0.3 is 10.2 Å². The summed E-state index contributed by atoms with van der Waals surface area (Å²) in [6.07, 6.45) is 2.24. The molecule has 1 aromatic carbocycles. The SMILES string of the molecule is O=C(CN1CSCC1=O)NCC1(c2ccccc2)CC1. The number of carbonyl (C=O) groups is 2. The third-order valence-corrected chi connectivity index (χ3v) is 4.97. The quantitative estimate of drug-likeness (QED) is 0.891. The van der Waals surface area contributed by atoms with E-state index in [4.69, 9.17) is 0 Å². The van der Waals surface area contributed by atoms with E-state index in [-0.39, 0.29) is 23.8 Å². The second kappa shape index (κ2) is 5.48. The standard InChI is InChI=1S/C15H18N2O2S/c18-13(8-17-11-20-9-14(17)19)16-10-15(6-7-15)12-4-2-1-3-5-12/h1-5H,6-11H2,(H,16,18). The minimum Gasteiger partial charge on any atom is -0.354 e. The highest BCUT2D eigenvalue weighted by molar-refractivity contribution is 8.00. The molecule has 1 saturated carbocycles. The van der Waals surface area contributed by atoms with Crippen LogP contribution in [0.5, 0.6) is 0 Å². The molecule has 106 valence electrons. The number of hydrogen-bond acceptors (Lipinski definition) is 3. The number of hydrogen-bond donors (Lipinski definition) is 1. The average molecular weight is 290 g/mol. The zero-order valence-corrected chi connectivity index (χ0v) is 12.1. The van der Waals surface area contributed by atoms with Gasteiger partial charge in [-0.1, -0.05) is 30.3 Å². The summed E-state index contributed by atoms with van der Waals surface area (Å²) in [5.74, 6) is 1.15. The van der Waals surface area contributed by atoms with Gasteiger partial charge in [0.05, 0.1) is 11.6 Å². The lowest BCUT2D eigenvalue weighted by Gasteiger charge is -2.18. The van der Waals surface area contributed by atoms with Gasteiger partial charge in [0.25, 0.3) is 0 Å². The molecule has 1 saturated heterocycles. The maximum Gasteiger partial charge on any atom is 0.239 e. The van der Waals surface area contributed by atoms with E-state index in [1.54, 1.807) is 16.7 Å². The third kappa shape index (κ3) is 2.82. The number of amides is 2. The number of thioether (sulfide) groups is 1. The van der Waals surface area contributed by atoms with E-state index in [9.17, 15) is 9.59 Å². The Bertz CT molecular complexity index is 514. The van der Waals surface area contributed by atoms with Gasteiger partial charge in [-0.15, -0.1) is 11.8 Å². The predicted octanol–water partition coefficient (Wildman–Crippen LogP) is 1.37. The Balaban J connectivity index is 1.52. The Kier molecular flexibility index (Phi) is 3.70. The number of rotatable bonds is 5. The smallest absolute Gasteiger partial charge is 0.239 e. The Morgan fingerprint density at radius 2 is 2.05 bits per heavy atom. The van der Waals surface area contributed by atoms with Crippen LogP contribution in [0.15, 0.2) is 30.3 Å². The van der Waals surface area contributed by atoms with E-state index >= 15 is 0 Å². The topological polar surface area (TPSA) is 49.4 Å². The molecule has 0 radical (unpaired) electrons. The van der Waals surface area contributed by atoms with E-state index < -0.39 is 0 Å². The molecule has 0 unspecified atom stereocenters. The van der Waals surface area contributed by atoms with Gasteiger partial charge in [-0.05, 0) is 18.4 Å². The van der Waals surface area contributed by atoms with E-state index in [1.165, 1.54) is 5.56 Å². The van der Waals surface area contributed by atoms with Crippen molar-refractivity contribution >= 4 is 23.6 Å². The number of benzene rings is 1. The fourth-order valence-corrected chi connectivity index (χ4v) is 3.45. The van der Waals surface area contributed by atoms with Gasteiger partial charge >= 0.3 is 0 Å². The van der Waals surface area contributed by atoms with Crippen LogP contribution in [0.25, 0.3) is 0 Å². The monoisotopic (exact) mass is 290 g/mol. The minimum absolute atomic E-state index is 0.0527. The molecule has 5 heteroatoms. The van der Waals surface area contributed by atoms with Gasteiger partial charge in [-0.3, -0.25) is 9.59 Å². The first-order valence-electron chi connectivity index (χ1n) is 6.87. The lowest BCUT2D eigenvalue weighted by molar-refractivity contribution is -0.132. The summed E-state index contributed by atoms with van der Waals surface area (Å²) in [6.45, 7) is 0.863. The van der Waals surface area contributed by atoms with Crippen LogP contribution in [-0.2, 0) is 15.0 Å². The van der Waals surface area contributed by atoms with Crippen molar-refractivity contribution in [1.82, 2.24) is 10.2 Å². The van der Waals surface area contributed by atoms with E-state index in [1.807, 2.05) is 18.2 Å². The summed E-state index contributed by atoms with van der Waals surface area (Å²) < 4.78 is 0. The van der Waals surface area contributed by atoms with E-state index in [2.05, 4.69) is 17.4 Å². The van der Waals surface area contributed by atoms with Crippen molar-refractivity contribution in [3.05, 3.63) is 35.9 Å². The maximum atomic E-state index is 11.9. The summed E-state index contributed by atoms with van der Waals surface area (Å²) in [5, 5.41) is 2.99. The van der Waals surface area contributed by atoms with Crippen LogP contribution >= 0.6 is 11.8 Å². The predicted molar refractivity (Wildman–Crippen MR) is 79.4 cm³/mol. The molecule has 4 nitrogen and oxygen atoms in total. The van der Waals surface area contributed by atoms with Gasteiger partial charge in [-0.25, -0.2) is 0 Å². The second-order valence-corrected chi connectivity index (χ2v) is 6.45. The number of nitrogens with one attached hydrogen (secondary N) is 1. The largest absolute Gasteiger partial charge is 0.354 e. The lowest BCUT2D eigenvalue weighted by Crippen LogP contribution is -2.40. The molecule has 2 amide bonds. The molecule has 1 aliphatic heterocycles. The highest BCUT2D eigenvalue weighted by Crippen LogP contribution is 2.47. The molecule has 0 bridgehead atoms. The van der Waals surface area contributed by atoms with Gasteiger partial charge in [0.15, 0.2) is 0 Å². The van der Waals surface area contributed by atoms with Crippen LogP contribution in [0.2, 0.25) is 0 Å². The average Bonchev–Trinajstić information content (AvgIpc) is 3.17. The first kappa shape index (κ1) is 13.5. The molecule has 1 N–H and O–H groups in total. The Morgan fingerprint density at radius 1 is 1.30 bits per heavy atom. The Labute approximate surface area is 122 Å². The maximum absolute atomic E-state index is 11.9. The summed E-state index contributed by atoms with van der Waals surface area (Å²) in [5.41, 5.74) is 1.42. The molecule has 1 aliphatic carbocycles. The normalized spacial score (nSPS) is 20.0. The summed E-state index contributed by atoms with van der Waals surface area (Å²) in [6, 6.07) is 10.3. The van der Waals surface area contributed by atoms with Crippen molar-refractivity contribution in [2.75, 3.05) is 24.7 Å². The van der Waals surface area contributed by atoms with E-state index in [0.29, 0.717) is 18.2 Å². The van der Waals surface area contributed by atoms with Crippen LogP contribution in [0, 0.1) is 0 Å². The molecule has 2 fully saturated rings. The van der Waals surface area contributed by atoms with Crippen LogP contribution in [-0.4, -0.2) is 41.4 Å². The fourth-order valence-electron chi connectivity index (χ4n) is 2.55. The first-order valence-corrected chi connectivity index (χ1v) is 8.03. The van der Waals surface area contributed by atoms with Gasteiger partial charge in [-0.2, -0.15) is 0 Å². The third-order valence-electron chi connectivity index (χ3n) is 4.02. The van der Waals surface area contributed by atoms with Gasteiger partial charge in [0, 0.05) is 12.0 Å². The summed E-state index contributed by atoms with van der Waals surface area (Å²) >= 11 is 1.56. The zero-order chi connectivity index (χ0) is 14.0. The molecule has 0 atom stereocenters. The molecule has 1 heterocycles. The molecule has 3 rings (SSSR count). The zero-order valence-electron chi connectivity index (χ0n) is 11.3. The highest BCUT2D eigenvalue weighted by atomic mass is 32.2.